The number of hydrogen-bond acceptors (Lipinski definition) is 2. The molecule has 0 bridgehead atoms. The number of allylic oxidation sites excluding steroid dienone is 6. The van der Waals surface area contributed by atoms with Crippen LogP contribution in [0.5, 0.6) is 0 Å². The molecule has 0 radical (unpaired) electrons. The smallest absolute Gasteiger partial charge is 1.00 e. The molecule has 1 aliphatic carbocycles. The molecule has 2 atom stereocenters. The Hall–Kier alpha value is 0.160. The Morgan fingerprint density at radius 2 is 1.68 bits per heavy atom. The fourth-order valence-electron chi connectivity index (χ4n) is 2.90. The zero-order chi connectivity index (χ0) is 17.4. The second-order valence-corrected chi connectivity index (χ2v) is 6.60. The molecule has 0 fully saturated rings. The molecule has 0 aliphatic heterocycles. The van der Waals surface area contributed by atoms with E-state index in [2.05, 4.69) is 32.9 Å². The monoisotopic (exact) mass is 368 g/mol. The topological polar surface area (TPSA) is 74.6 Å². The van der Waals surface area contributed by atoms with Crippen molar-refractivity contribution in [1.29, 1.82) is 0 Å². The Balaban J connectivity index is -0.000000661. The van der Waals surface area contributed by atoms with Gasteiger partial charge in [0.05, 0.1) is 11.8 Å². The van der Waals surface area contributed by atoms with Crippen molar-refractivity contribution in [3.8, 4) is 0 Å². The molecule has 0 spiro atoms. The summed E-state index contributed by atoms with van der Waals surface area (Å²) in [6.45, 7) is 6.31. The first-order valence-electron chi connectivity index (χ1n) is 8.23. The summed E-state index contributed by atoms with van der Waals surface area (Å²) in [5.74, 6) is -3.60. The standard InChI is InChI=1S/C19H28O4.2Na.2H/c1-13(2)6-4-7-14(3)8-5-9-15-10-11-16(18(20)21)17(12-15)19(22)23;;;;/h6,8,10,16-17H,4-5,7,9,11-12H2,1-3H3,(H,20,21)(H,22,23);;;;/q;2*+1;2*-1/b14-8+;;;;. The van der Waals surface area contributed by atoms with E-state index in [9.17, 15) is 14.7 Å². The molecule has 0 aromatic rings. The van der Waals surface area contributed by atoms with Crippen LogP contribution >= 0.6 is 0 Å². The molecule has 25 heavy (non-hydrogen) atoms. The van der Waals surface area contributed by atoms with Gasteiger partial charge < -0.3 is 13.1 Å². The first-order valence-corrected chi connectivity index (χ1v) is 8.23. The second kappa shape index (κ2) is 14.2. The Morgan fingerprint density at radius 3 is 2.20 bits per heavy atom. The number of aliphatic carboxylic acids is 2. The van der Waals surface area contributed by atoms with E-state index in [1.165, 1.54) is 11.1 Å². The van der Waals surface area contributed by atoms with Crippen molar-refractivity contribution >= 4 is 11.9 Å². The molecule has 1 aliphatic rings. The van der Waals surface area contributed by atoms with E-state index in [1.54, 1.807) is 0 Å². The van der Waals surface area contributed by atoms with E-state index in [0.717, 1.165) is 31.3 Å². The van der Waals surface area contributed by atoms with Crippen LogP contribution in [0, 0.1) is 11.8 Å². The van der Waals surface area contributed by atoms with Gasteiger partial charge >= 0.3 is 71.1 Å². The third-order valence-corrected chi connectivity index (χ3v) is 4.31. The van der Waals surface area contributed by atoms with E-state index in [-0.39, 0.29) is 62.0 Å². The van der Waals surface area contributed by atoms with E-state index in [0.29, 0.717) is 12.8 Å². The zero-order valence-corrected chi connectivity index (χ0v) is 20.3. The zero-order valence-electron chi connectivity index (χ0n) is 18.3. The van der Waals surface area contributed by atoms with Gasteiger partial charge in [0, 0.05) is 0 Å². The van der Waals surface area contributed by atoms with Crippen LogP contribution in [-0.4, -0.2) is 22.2 Å². The third kappa shape index (κ3) is 10.8. The number of carboxylic acid groups (broad SMARTS) is 2. The van der Waals surface area contributed by atoms with Gasteiger partial charge in [-0.05, 0) is 59.3 Å². The van der Waals surface area contributed by atoms with Gasteiger partial charge in [0.15, 0.2) is 0 Å². The maximum absolute atomic E-state index is 11.3. The summed E-state index contributed by atoms with van der Waals surface area (Å²) in [7, 11) is 0. The molecular weight excluding hydrogens is 338 g/mol. The van der Waals surface area contributed by atoms with Gasteiger partial charge in [-0.3, -0.25) is 9.59 Å². The van der Waals surface area contributed by atoms with E-state index >= 15 is 0 Å². The van der Waals surface area contributed by atoms with Gasteiger partial charge in [-0.25, -0.2) is 0 Å². The Morgan fingerprint density at radius 1 is 1.08 bits per heavy atom. The molecule has 132 valence electrons. The average Bonchev–Trinajstić information content (AvgIpc) is 2.46. The molecular formula is C19H30Na2O4. The fourth-order valence-corrected chi connectivity index (χ4v) is 2.90. The summed E-state index contributed by atoms with van der Waals surface area (Å²) in [6, 6.07) is 0. The minimum atomic E-state index is -1.01. The average molecular weight is 368 g/mol. The summed E-state index contributed by atoms with van der Waals surface area (Å²) in [5, 5.41) is 18.3. The molecule has 4 nitrogen and oxygen atoms in total. The van der Waals surface area contributed by atoms with Crippen LogP contribution in [0.3, 0.4) is 0 Å². The van der Waals surface area contributed by atoms with Gasteiger partial charge in [-0.15, -0.1) is 0 Å². The Bertz CT molecular complexity index is 542. The van der Waals surface area contributed by atoms with Crippen molar-refractivity contribution in [3.63, 3.8) is 0 Å². The molecule has 0 saturated heterocycles. The van der Waals surface area contributed by atoms with Crippen LogP contribution in [0.2, 0.25) is 0 Å². The first kappa shape index (κ1) is 27.4. The Kier molecular flexibility index (Phi) is 15.6. The van der Waals surface area contributed by atoms with Crippen LogP contribution in [0.4, 0.5) is 0 Å². The van der Waals surface area contributed by atoms with Crippen LogP contribution < -0.4 is 59.1 Å². The van der Waals surface area contributed by atoms with Crippen LogP contribution in [0.25, 0.3) is 0 Å². The normalized spacial score (nSPS) is 19.8. The van der Waals surface area contributed by atoms with Gasteiger partial charge in [0.1, 0.15) is 0 Å². The molecule has 0 saturated carbocycles. The van der Waals surface area contributed by atoms with Crippen molar-refractivity contribution in [1.82, 2.24) is 0 Å². The van der Waals surface area contributed by atoms with E-state index in [1.807, 2.05) is 6.08 Å². The predicted molar refractivity (Wildman–Crippen MR) is 93.4 cm³/mol. The van der Waals surface area contributed by atoms with Crippen molar-refractivity contribution in [2.45, 2.75) is 59.3 Å². The third-order valence-electron chi connectivity index (χ3n) is 4.31. The fraction of sp³-hybridized carbons (Fsp3) is 0.579. The largest absolute Gasteiger partial charge is 1.00 e. The summed E-state index contributed by atoms with van der Waals surface area (Å²) < 4.78 is 0. The van der Waals surface area contributed by atoms with Gasteiger partial charge in [0.25, 0.3) is 0 Å². The Labute approximate surface area is 198 Å². The summed E-state index contributed by atoms with van der Waals surface area (Å²) in [5.41, 5.74) is 3.75. The maximum Gasteiger partial charge on any atom is 1.00 e. The summed E-state index contributed by atoms with van der Waals surface area (Å²) in [6.07, 6.45) is 10.8. The van der Waals surface area contributed by atoms with E-state index in [4.69, 9.17) is 5.11 Å². The van der Waals surface area contributed by atoms with Crippen molar-refractivity contribution in [2.75, 3.05) is 0 Å². The number of rotatable bonds is 8. The second-order valence-electron chi connectivity index (χ2n) is 6.60. The van der Waals surface area contributed by atoms with Crippen LogP contribution in [0.15, 0.2) is 34.9 Å². The first-order chi connectivity index (χ1) is 10.8. The molecule has 1 rings (SSSR count). The number of hydrogen-bond donors (Lipinski definition) is 2. The van der Waals surface area contributed by atoms with Gasteiger partial charge in [-0.2, -0.15) is 0 Å². The summed E-state index contributed by atoms with van der Waals surface area (Å²) in [4.78, 5) is 22.4. The van der Waals surface area contributed by atoms with Crippen LogP contribution in [-0.2, 0) is 9.59 Å². The molecule has 0 heterocycles. The van der Waals surface area contributed by atoms with Crippen molar-refractivity contribution in [2.24, 2.45) is 11.8 Å². The molecule has 0 amide bonds. The van der Waals surface area contributed by atoms with Crippen molar-refractivity contribution < 1.29 is 81.8 Å². The SMILES string of the molecule is CC(C)=CCC/C(C)=C/CCC1=CCC(C(=O)O)C(C(=O)O)C1.[H-].[H-].[Na+].[Na+]. The quantitative estimate of drug-likeness (QED) is 0.418. The minimum absolute atomic E-state index is 0. The number of carbonyl (C=O) groups is 2. The van der Waals surface area contributed by atoms with Gasteiger partial charge in [0.2, 0.25) is 0 Å². The van der Waals surface area contributed by atoms with Gasteiger partial charge in [-0.1, -0.05) is 34.9 Å². The molecule has 0 aromatic carbocycles. The maximum atomic E-state index is 11.3. The van der Waals surface area contributed by atoms with Crippen LogP contribution in [0.1, 0.15) is 62.1 Å². The molecule has 2 unspecified atom stereocenters. The summed E-state index contributed by atoms with van der Waals surface area (Å²) >= 11 is 0. The predicted octanol–water partition coefficient (Wildman–Crippen LogP) is -1.19. The number of carboxylic acids is 2. The van der Waals surface area contributed by atoms with E-state index < -0.39 is 23.8 Å². The van der Waals surface area contributed by atoms with Crippen molar-refractivity contribution in [3.05, 3.63) is 34.9 Å². The molecule has 0 aromatic heterocycles. The minimum Gasteiger partial charge on any atom is -1.00 e. The molecule has 2 N–H and O–H groups in total. The molecule has 6 heteroatoms.